The first-order valence-corrected chi connectivity index (χ1v) is 10.4. The molecule has 0 radical (unpaired) electrons. The third-order valence-electron chi connectivity index (χ3n) is 7.02. The van der Waals surface area contributed by atoms with E-state index in [1.54, 1.807) is 0 Å². The zero-order valence-corrected chi connectivity index (χ0v) is 16.5. The lowest BCUT2D eigenvalue weighted by molar-refractivity contribution is -0.144. The van der Waals surface area contributed by atoms with Crippen molar-refractivity contribution >= 4 is 11.8 Å². The average molecular weight is 381 g/mol. The summed E-state index contributed by atoms with van der Waals surface area (Å²) in [5, 5.41) is 0. The lowest BCUT2D eigenvalue weighted by atomic mass is 9.76. The van der Waals surface area contributed by atoms with Crippen molar-refractivity contribution < 1.29 is 14.3 Å². The van der Waals surface area contributed by atoms with E-state index in [1.807, 2.05) is 48.2 Å². The molecule has 3 fully saturated rings. The van der Waals surface area contributed by atoms with Gasteiger partial charge in [0.2, 0.25) is 11.8 Å². The van der Waals surface area contributed by atoms with Gasteiger partial charge in [-0.3, -0.25) is 14.6 Å². The van der Waals surface area contributed by atoms with Crippen molar-refractivity contribution in [2.24, 2.45) is 11.8 Å². The molecule has 2 bridgehead atoms. The van der Waals surface area contributed by atoms with Crippen LogP contribution < -0.4 is 0 Å². The van der Waals surface area contributed by atoms with E-state index in [2.05, 4.69) is 17.1 Å². The zero-order valence-electron chi connectivity index (χ0n) is 16.5. The summed E-state index contributed by atoms with van der Waals surface area (Å²) in [6, 6.07) is 4.26. The number of rotatable bonds is 3. The Morgan fingerprint density at radius 1 is 1.25 bits per heavy atom. The number of piperidine rings is 1. The molecule has 5 rings (SSSR count). The summed E-state index contributed by atoms with van der Waals surface area (Å²) in [5.74, 6) is -0.103. The van der Waals surface area contributed by atoms with Crippen molar-refractivity contribution in [3.8, 4) is 0 Å². The Morgan fingerprint density at radius 2 is 1.96 bits per heavy atom. The van der Waals surface area contributed by atoms with Crippen LogP contribution in [0.3, 0.4) is 0 Å². The molecule has 2 amide bonds. The second-order valence-corrected chi connectivity index (χ2v) is 8.84. The molecule has 1 aromatic heterocycles. The maximum atomic E-state index is 13.4. The van der Waals surface area contributed by atoms with Gasteiger partial charge in [-0.2, -0.15) is 0 Å². The highest BCUT2D eigenvalue weighted by atomic mass is 16.5. The van der Waals surface area contributed by atoms with Crippen molar-refractivity contribution in [3.63, 3.8) is 0 Å². The predicted molar refractivity (Wildman–Crippen MR) is 103 cm³/mol. The Morgan fingerprint density at radius 3 is 2.64 bits per heavy atom. The predicted octanol–water partition coefficient (Wildman–Crippen LogP) is 1.98. The highest BCUT2D eigenvalue weighted by Crippen LogP contribution is 2.52. The molecule has 0 saturated carbocycles. The van der Waals surface area contributed by atoms with Crippen molar-refractivity contribution in [1.29, 1.82) is 0 Å². The summed E-state index contributed by atoms with van der Waals surface area (Å²) in [5.41, 5.74) is 0.701. The summed E-state index contributed by atoms with van der Waals surface area (Å²) in [6.07, 6.45) is 9.34. The minimum atomic E-state index is -0.596. The van der Waals surface area contributed by atoms with Gasteiger partial charge in [0.25, 0.3) is 0 Å². The van der Waals surface area contributed by atoms with Crippen LogP contribution in [0.25, 0.3) is 0 Å². The van der Waals surface area contributed by atoms with Crippen LogP contribution in [-0.4, -0.2) is 64.0 Å². The van der Waals surface area contributed by atoms with Crippen molar-refractivity contribution in [1.82, 2.24) is 14.8 Å². The van der Waals surface area contributed by atoms with Crippen LogP contribution in [0.1, 0.15) is 38.2 Å². The molecule has 28 heavy (non-hydrogen) atoms. The largest absolute Gasteiger partial charge is 0.360 e. The highest BCUT2D eigenvalue weighted by molar-refractivity contribution is 5.93. The lowest BCUT2D eigenvalue weighted by Crippen LogP contribution is -2.48. The fraction of sp³-hybridized carbons (Fsp3) is 0.591. The van der Waals surface area contributed by atoms with Gasteiger partial charge in [-0.25, -0.2) is 0 Å². The van der Waals surface area contributed by atoms with Crippen LogP contribution in [-0.2, 0) is 14.3 Å². The number of likely N-dealkylation sites (tertiary alicyclic amines) is 2. The molecule has 4 atom stereocenters. The second-order valence-electron chi connectivity index (χ2n) is 8.84. The Bertz CT molecular complexity index is 816. The van der Waals surface area contributed by atoms with Gasteiger partial charge in [0.1, 0.15) is 5.60 Å². The first-order valence-electron chi connectivity index (χ1n) is 10.4. The first kappa shape index (κ1) is 17.9. The van der Waals surface area contributed by atoms with Gasteiger partial charge in [0.05, 0.1) is 24.5 Å². The lowest BCUT2D eigenvalue weighted by Gasteiger charge is -2.35. The van der Waals surface area contributed by atoms with Crippen LogP contribution in [0.5, 0.6) is 0 Å². The Balaban J connectivity index is 1.31. The topological polar surface area (TPSA) is 62.7 Å². The van der Waals surface area contributed by atoms with Gasteiger partial charge in [0, 0.05) is 31.5 Å². The summed E-state index contributed by atoms with van der Waals surface area (Å²) in [7, 11) is 0. The van der Waals surface area contributed by atoms with E-state index in [0.717, 1.165) is 25.9 Å². The number of carbonyl (C=O) groups excluding carboxylic acids is 2. The van der Waals surface area contributed by atoms with Gasteiger partial charge in [-0.15, -0.1) is 0 Å². The highest BCUT2D eigenvalue weighted by Gasteiger charge is 2.67. The molecule has 4 aliphatic rings. The fourth-order valence-electron chi connectivity index (χ4n) is 5.53. The fourth-order valence-corrected chi connectivity index (χ4v) is 5.53. The number of hydrogen-bond acceptors (Lipinski definition) is 4. The molecule has 148 valence electrons. The third kappa shape index (κ3) is 2.54. The van der Waals surface area contributed by atoms with Gasteiger partial charge in [-0.1, -0.05) is 12.2 Å². The van der Waals surface area contributed by atoms with E-state index in [1.165, 1.54) is 5.56 Å². The van der Waals surface area contributed by atoms with E-state index in [-0.39, 0.29) is 35.8 Å². The maximum absolute atomic E-state index is 13.4. The van der Waals surface area contributed by atoms with Crippen molar-refractivity contribution in [2.45, 2.75) is 50.4 Å². The quantitative estimate of drug-likeness (QED) is 0.751. The van der Waals surface area contributed by atoms with Gasteiger partial charge >= 0.3 is 0 Å². The molecular formula is C22H27N3O3. The molecule has 6 heteroatoms. The number of amides is 2. The smallest absolute Gasteiger partial charge is 0.230 e. The van der Waals surface area contributed by atoms with Gasteiger partial charge < -0.3 is 14.5 Å². The van der Waals surface area contributed by atoms with Crippen LogP contribution in [0.2, 0.25) is 0 Å². The van der Waals surface area contributed by atoms with E-state index in [4.69, 9.17) is 4.74 Å². The number of ether oxygens (including phenoxy) is 1. The normalized spacial score (nSPS) is 34.5. The molecule has 1 aromatic rings. The second kappa shape index (κ2) is 6.41. The van der Waals surface area contributed by atoms with Crippen molar-refractivity contribution in [3.05, 3.63) is 42.2 Å². The van der Waals surface area contributed by atoms with E-state index < -0.39 is 5.60 Å². The van der Waals surface area contributed by atoms with Gasteiger partial charge in [-0.05, 0) is 50.3 Å². The Labute approximate surface area is 165 Å². The van der Waals surface area contributed by atoms with Gasteiger partial charge in [0.15, 0.2) is 0 Å². The van der Waals surface area contributed by atoms with Crippen LogP contribution in [0.15, 0.2) is 36.7 Å². The molecule has 5 heterocycles. The number of carbonyl (C=O) groups is 2. The Kier molecular flexibility index (Phi) is 4.09. The molecule has 4 aliphatic heterocycles. The zero-order chi connectivity index (χ0) is 19.5. The summed E-state index contributed by atoms with van der Waals surface area (Å²) in [4.78, 5) is 34.4. The number of aromatic nitrogens is 1. The van der Waals surface area contributed by atoms with Crippen molar-refractivity contribution in [2.75, 3.05) is 19.6 Å². The molecule has 0 aliphatic carbocycles. The molecule has 6 nitrogen and oxygen atoms in total. The minimum absolute atomic E-state index is 0.0758. The molecule has 0 N–H and O–H groups in total. The van der Waals surface area contributed by atoms with Crippen LogP contribution in [0, 0.1) is 11.8 Å². The molecule has 4 unspecified atom stereocenters. The van der Waals surface area contributed by atoms with E-state index in [9.17, 15) is 9.59 Å². The average Bonchev–Trinajstić information content (AvgIpc) is 3.36. The molecule has 1 spiro atoms. The first-order chi connectivity index (χ1) is 13.5. The van der Waals surface area contributed by atoms with E-state index in [0.29, 0.717) is 12.5 Å². The minimum Gasteiger partial charge on any atom is -0.360 e. The molecule has 3 saturated heterocycles. The number of nitrogens with zero attached hydrogens (tertiary/aromatic N) is 3. The number of hydrogen-bond donors (Lipinski definition) is 0. The molecular weight excluding hydrogens is 354 g/mol. The number of fused-ring (bicyclic) bond motifs is 1. The monoisotopic (exact) mass is 381 g/mol. The third-order valence-corrected chi connectivity index (χ3v) is 7.02. The Hall–Kier alpha value is -2.21. The summed E-state index contributed by atoms with van der Waals surface area (Å²) < 4.78 is 6.22. The maximum Gasteiger partial charge on any atom is 0.230 e. The van der Waals surface area contributed by atoms with Crippen LogP contribution >= 0.6 is 0 Å². The SMILES string of the molecule is CC(C)N1CC23C=CC(O2)C(C(=O)N2CCC(c4ccncc4)CC2)C3C1=O. The summed E-state index contributed by atoms with van der Waals surface area (Å²) >= 11 is 0. The molecule has 0 aromatic carbocycles. The number of pyridine rings is 1. The summed E-state index contributed by atoms with van der Waals surface area (Å²) in [6.45, 7) is 6.08. The standard InChI is InChI=1S/C22H27N3O3/c1-14(2)25-13-22-8-3-17(28-22)18(19(22)21(25)27)20(26)24-11-6-16(7-12-24)15-4-9-23-10-5-15/h3-5,8-10,14,16-19H,6-7,11-13H2,1-2H3. The van der Waals surface area contributed by atoms with Crippen LogP contribution in [0.4, 0.5) is 0 Å². The van der Waals surface area contributed by atoms with E-state index >= 15 is 0 Å².